The Hall–Kier alpha value is -2.11. The number of nitrogens with zero attached hydrogens (tertiary/aromatic N) is 1. The van der Waals surface area contributed by atoms with Gasteiger partial charge in [0.15, 0.2) is 0 Å². The summed E-state index contributed by atoms with van der Waals surface area (Å²) in [6, 6.07) is 8.26. The summed E-state index contributed by atoms with van der Waals surface area (Å²) in [4.78, 5) is 12.7. The Kier molecular flexibility index (Phi) is 5.69. The van der Waals surface area contributed by atoms with E-state index in [2.05, 4.69) is 68.0 Å². The number of amides is 1. The van der Waals surface area contributed by atoms with Crippen LogP contribution in [0.5, 0.6) is 0 Å². The molecule has 0 bridgehead atoms. The Bertz CT molecular complexity index is 906. The maximum absolute atomic E-state index is 12.7. The zero-order valence-electron chi connectivity index (χ0n) is 18.0. The second-order valence-electron chi connectivity index (χ2n) is 9.14. The molecule has 1 aliphatic rings. The molecule has 2 N–H and O–H groups in total. The Morgan fingerprint density at radius 2 is 2.00 bits per heavy atom. The third-order valence-corrected chi connectivity index (χ3v) is 5.19. The molecule has 0 aliphatic carbocycles. The molecule has 1 aromatic heterocycles. The Morgan fingerprint density at radius 1 is 1.25 bits per heavy atom. The van der Waals surface area contributed by atoms with E-state index in [0.29, 0.717) is 13.0 Å². The van der Waals surface area contributed by atoms with Crippen LogP contribution in [-0.4, -0.2) is 35.3 Å². The van der Waals surface area contributed by atoms with E-state index >= 15 is 0 Å². The molecule has 0 spiro atoms. The number of ether oxygens (including phenoxy) is 1. The average Bonchev–Trinajstić information content (AvgIpc) is 2.84. The predicted octanol–water partition coefficient (Wildman–Crippen LogP) is 4.40. The smallest absolute Gasteiger partial charge is 0.228 e. The van der Waals surface area contributed by atoms with Gasteiger partial charge in [-0.05, 0) is 65.3 Å². The molecule has 1 aliphatic heterocycles. The van der Waals surface area contributed by atoms with Crippen molar-refractivity contribution in [1.29, 1.82) is 0 Å². The maximum Gasteiger partial charge on any atom is 0.228 e. The van der Waals surface area contributed by atoms with Crippen LogP contribution in [0.3, 0.4) is 0 Å². The normalized spacial score (nSPS) is 18.1. The molecule has 152 valence electrons. The van der Waals surface area contributed by atoms with Gasteiger partial charge in [0.2, 0.25) is 5.91 Å². The molecule has 1 aromatic carbocycles. The van der Waals surface area contributed by atoms with Gasteiger partial charge in [0.25, 0.3) is 0 Å². The molecule has 1 amide bonds. The number of fused-ring (bicyclic) bond motifs is 1. The number of hydrogen-bond acceptors (Lipinski definition) is 3. The van der Waals surface area contributed by atoms with Crippen molar-refractivity contribution in [2.75, 3.05) is 19.0 Å². The van der Waals surface area contributed by atoms with Crippen LogP contribution < -0.4 is 10.6 Å². The van der Waals surface area contributed by atoms with Crippen molar-refractivity contribution < 1.29 is 9.53 Å². The lowest BCUT2D eigenvalue weighted by Gasteiger charge is -2.41. The minimum Gasteiger partial charge on any atom is -0.383 e. The van der Waals surface area contributed by atoms with Crippen molar-refractivity contribution in [2.45, 2.75) is 65.1 Å². The summed E-state index contributed by atoms with van der Waals surface area (Å²) in [6.45, 7) is 12.3. The monoisotopic (exact) mass is 383 g/mol. The van der Waals surface area contributed by atoms with E-state index in [9.17, 15) is 4.79 Å². The number of methoxy groups -OCH3 is 1. The maximum atomic E-state index is 12.7. The van der Waals surface area contributed by atoms with Gasteiger partial charge in [-0.25, -0.2) is 0 Å². The first kappa shape index (κ1) is 20.6. The third kappa shape index (κ3) is 4.83. The van der Waals surface area contributed by atoms with E-state index in [-0.39, 0.29) is 17.0 Å². The largest absolute Gasteiger partial charge is 0.383 e. The van der Waals surface area contributed by atoms with Crippen molar-refractivity contribution in [3.8, 4) is 0 Å². The van der Waals surface area contributed by atoms with Crippen molar-refractivity contribution in [1.82, 2.24) is 9.88 Å². The number of rotatable bonds is 6. The standard InChI is InChI=1S/C23H33N3O2/c1-16-11-18-13-19(7-8-20(18)26(16)9-10-28-6)24-21(27)12-17-14-22(2,3)25-23(4,5)15-17/h7-8,11,13-14,25H,9-10,12,15H2,1-6H3,(H,24,27). The van der Waals surface area contributed by atoms with Crippen molar-refractivity contribution in [3.63, 3.8) is 0 Å². The number of aryl methyl sites for hydroxylation is 1. The van der Waals surface area contributed by atoms with Gasteiger partial charge in [0, 0.05) is 53.4 Å². The van der Waals surface area contributed by atoms with Gasteiger partial charge in [-0.2, -0.15) is 0 Å². The summed E-state index contributed by atoms with van der Waals surface area (Å²) < 4.78 is 7.45. The van der Waals surface area contributed by atoms with Crippen molar-refractivity contribution in [2.24, 2.45) is 0 Å². The van der Waals surface area contributed by atoms with Gasteiger partial charge < -0.3 is 19.9 Å². The number of nitrogens with one attached hydrogen (secondary N) is 2. The van der Waals surface area contributed by atoms with Crippen LogP contribution in [0.15, 0.2) is 35.9 Å². The summed E-state index contributed by atoms with van der Waals surface area (Å²) in [7, 11) is 1.72. The number of hydrogen-bond donors (Lipinski definition) is 2. The first-order chi connectivity index (χ1) is 13.1. The Balaban J connectivity index is 1.72. The molecule has 3 rings (SSSR count). The van der Waals surface area contributed by atoms with Crippen molar-refractivity contribution in [3.05, 3.63) is 41.6 Å². The number of carbonyl (C=O) groups is 1. The fraction of sp³-hybridized carbons (Fsp3) is 0.522. The summed E-state index contributed by atoms with van der Waals surface area (Å²) in [5.41, 5.74) is 4.29. The SMILES string of the molecule is COCCn1c(C)cc2cc(NC(=O)CC3=CC(C)(C)NC(C)(C)C3)ccc21. The number of aromatic nitrogens is 1. The highest BCUT2D eigenvalue weighted by Gasteiger charge is 2.32. The molecule has 0 atom stereocenters. The molecule has 2 heterocycles. The zero-order valence-corrected chi connectivity index (χ0v) is 18.0. The van der Waals surface area contributed by atoms with Crippen LogP contribution in [0.4, 0.5) is 5.69 Å². The lowest BCUT2D eigenvalue weighted by molar-refractivity contribution is -0.115. The minimum absolute atomic E-state index is 0.00455. The van der Waals surface area contributed by atoms with Crippen molar-refractivity contribution >= 4 is 22.5 Å². The second-order valence-corrected chi connectivity index (χ2v) is 9.14. The highest BCUT2D eigenvalue weighted by molar-refractivity contribution is 5.95. The zero-order chi connectivity index (χ0) is 20.5. The van der Waals surface area contributed by atoms with Gasteiger partial charge in [-0.3, -0.25) is 4.79 Å². The fourth-order valence-electron chi connectivity index (χ4n) is 4.57. The van der Waals surface area contributed by atoms with Gasteiger partial charge in [-0.15, -0.1) is 0 Å². The lowest BCUT2D eigenvalue weighted by atomic mass is 9.82. The average molecular weight is 384 g/mol. The van der Waals surface area contributed by atoms with Crippen LogP contribution >= 0.6 is 0 Å². The van der Waals surface area contributed by atoms with Crippen LogP contribution in [0.2, 0.25) is 0 Å². The Morgan fingerprint density at radius 3 is 2.68 bits per heavy atom. The highest BCUT2D eigenvalue weighted by Crippen LogP contribution is 2.30. The van der Waals surface area contributed by atoms with Gasteiger partial charge in [0.1, 0.15) is 0 Å². The van der Waals surface area contributed by atoms with E-state index in [4.69, 9.17) is 4.74 Å². The predicted molar refractivity (Wildman–Crippen MR) is 116 cm³/mol. The first-order valence-electron chi connectivity index (χ1n) is 9.97. The Labute approximate surface area is 168 Å². The molecule has 0 unspecified atom stereocenters. The first-order valence-corrected chi connectivity index (χ1v) is 9.97. The highest BCUT2D eigenvalue weighted by atomic mass is 16.5. The fourth-order valence-corrected chi connectivity index (χ4v) is 4.57. The molecule has 0 saturated heterocycles. The molecule has 0 fully saturated rings. The quantitative estimate of drug-likeness (QED) is 0.727. The molecule has 2 aromatic rings. The minimum atomic E-state index is -0.0983. The molecule has 0 saturated carbocycles. The van der Waals surface area contributed by atoms with E-state index in [1.54, 1.807) is 7.11 Å². The van der Waals surface area contributed by atoms with Gasteiger partial charge in [-0.1, -0.05) is 11.6 Å². The molecule has 0 radical (unpaired) electrons. The molecule has 5 nitrogen and oxygen atoms in total. The van der Waals surface area contributed by atoms with Gasteiger partial charge in [0.05, 0.1) is 6.61 Å². The van der Waals surface area contributed by atoms with Crippen LogP contribution in [0.1, 0.15) is 46.2 Å². The number of benzene rings is 1. The van der Waals surface area contributed by atoms with Crippen LogP contribution in [-0.2, 0) is 16.1 Å². The number of carbonyl (C=O) groups excluding carboxylic acids is 1. The van der Waals surface area contributed by atoms with E-state index < -0.39 is 0 Å². The van der Waals surface area contributed by atoms with E-state index in [1.165, 1.54) is 11.3 Å². The molecule has 28 heavy (non-hydrogen) atoms. The van der Waals surface area contributed by atoms with Crippen LogP contribution in [0, 0.1) is 6.92 Å². The molecular weight excluding hydrogens is 350 g/mol. The third-order valence-electron chi connectivity index (χ3n) is 5.19. The van der Waals surface area contributed by atoms with E-state index in [1.807, 2.05) is 12.1 Å². The van der Waals surface area contributed by atoms with Crippen LogP contribution in [0.25, 0.3) is 10.9 Å². The topological polar surface area (TPSA) is 55.3 Å². The summed E-state index contributed by atoms with van der Waals surface area (Å²) in [5, 5.41) is 7.82. The summed E-state index contributed by atoms with van der Waals surface area (Å²) in [6.07, 6.45) is 3.51. The number of anilines is 1. The lowest BCUT2D eigenvalue weighted by Crippen LogP contribution is -2.54. The van der Waals surface area contributed by atoms with E-state index in [0.717, 1.165) is 29.6 Å². The molecule has 5 heteroatoms. The second kappa shape index (κ2) is 7.72. The summed E-state index contributed by atoms with van der Waals surface area (Å²) >= 11 is 0. The van der Waals surface area contributed by atoms with Gasteiger partial charge >= 0.3 is 0 Å². The summed E-state index contributed by atoms with van der Waals surface area (Å²) in [5.74, 6) is 0.0367. The molecular formula is C23H33N3O2.